The maximum absolute atomic E-state index is 11.4. The number of H-pyrrole nitrogens is 1. The molecule has 0 radical (unpaired) electrons. The van der Waals surface area contributed by atoms with Crippen LogP contribution < -0.4 is 5.69 Å². The van der Waals surface area contributed by atoms with E-state index in [0.717, 1.165) is 5.56 Å². The molecule has 1 heterocycles. The molecule has 0 unspecified atom stereocenters. The number of nitrogens with one attached hydrogen (secondary N) is 1. The number of imidazole rings is 1. The van der Waals surface area contributed by atoms with E-state index in [1.807, 2.05) is 13.0 Å². The van der Waals surface area contributed by atoms with Gasteiger partial charge in [-0.1, -0.05) is 29.3 Å². The second-order valence-corrected chi connectivity index (χ2v) is 3.95. The molecule has 2 aromatic rings. The smallest absolute Gasteiger partial charge is 0.312 e. The van der Waals surface area contributed by atoms with E-state index in [4.69, 9.17) is 23.2 Å². The first-order valence-electron chi connectivity index (χ1n) is 4.32. The maximum Gasteiger partial charge on any atom is 0.330 e. The van der Waals surface area contributed by atoms with Crippen molar-refractivity contribution in [3.8, 4) is 5.69 Å². The summed E-state index contributed by atoms with van der Waals surface area (Å²) in [7, 11) is 0. The van der Waals surface area contributed by atoms with Gasteiger partial charge >= 0.3 is 5.69 Å². The molecule has 0 amide bonds. The summed E-state index contributed by atoms with van der Waals surface area (Å²) in [6.45, 7) is 1.86. The molecule has 1 aromatic carbocycles. The zero-order chi connectivity index (χ0) is 11.0. The summed E-state index contributed by atoms with van der Waals surface area (Å²) >= 11 is 12.1. The molecule has 2 rings (SSSR count). The second kappa shape index (κ2) is 3.76. The fraction of sp³-hybridized carbons (Fsp3) is 0.100. The average molecular weight is 243 g/mol. The van der Waals surface area contributed by atoms with Gasteiger partial charge in [0, 0.05) is 12.4 Å². The van der Waals surface area contributed by atoms with Crippen LogP contribution in [0.2, 0.25) is 10.0 Å². The van der Waals surface area contributed by atoms with Crippen LogP contribution in [0.5, 0.6) is 0 Å². The lowest BCUT2D eigenvalue weighted by atomic mass is 10.2. The Balaban J connectivity index is 2.78. The molecule has 1 aromatic heterocycles. The lowest BCUT2D eigenvalue weighted by Gasteiger charge is -2.08. The number of hydrogen-bond donors (Lipinski definition) is 1. The van der Waals surface area contributed by atoms with Crippen molar-refractivity contribution in [2.75, 3.05) is 0 Å². The number of aromatic nitrogens is 2. The number of nitrogens with zero attached hydrogens (tertiary/aromatic N) is 1. The SMILES string of the molecule is Cc1ccc(Cl)c(-n2cc[nH]c2=O)c1Cl. The Morgan fingerprint density at radius 1 is 1.33 bits per heavy atom. The third-order valence-corrected chi connectivity index (χ3v) is 2.93. The molecule has 0 spiro atoms. The predicted molar refractivity (Wildman–Crippen MR) is 61.1 cm³/mol. The Hall–Kier alpha value is -1.19. The van der Waals surface area contributed by atoms with Gasteiger partial charge in [0.1, 0.15) is 0 Å². The Labute approximate surface area is 96.3 Å². The van der Waals surface area contributed by atoms with Crippen molar-refractivity contribution in [2.24, 2.45) is 0 Å². The van der Waals surface area contributed by atoms with Crippen molar-refractivity contribution >= 4 is 23.2 Å². The Kier molecular flexibility index (Phi) is 2.59. The van der Waals surface area contributed by atoms with Gasteiger partial charge in [0.15, 0.2) is 0 Å². The van der Waals surface area contributed by atoms with Crippen molar-refractivity contribution in [3.63, 3.8) is 0 Å². The van der Waals surface area contributed by atoms with Crippen LogP contribution in [0.1, 0.15) is 5.56 Å². The van der Waals surface area contributed by atoms with Gasteiger partial charge in [0.25, 0.3) is 0 Å². The summed E-state index contributed by atoms with van der Waals surface area (Å²) in [6, 6.07) is 3.53. The van der Waals surface area contributed by atoms with Crippen LogP contribution in [-0.2, 0) is 0 Å². The van der Waals surface area contributed by atoms with Crippen molar-refractivity contribution in [1.29, 1.82) is 0 Å². The molecule has 0 atom stereocenters. The summed E-state index contributed by atoms with van der Waals surface area (Å²) in [4.78, 5) is 14.0. The van der Waals surface area contributed by atoms with Gasteiger partial charge in [-0.2, -0.15) is 0 Å². The zero-order valence-electron chi connectivity index (χ0n) is 7.92. The number of halogens is 2. The van der Waals surface area contributed by atoms with Crippen LogP contribution in [0, 0.1) is 6.92 Å². The first-order valence-corrected chi connectivity index (χ1v) is 5.08. The molecule has 0 saturated carbocycles. The minimum Gasteiger partial charge on any atom is -0.312 e. The summed E-state index contributed by atoms with van der Waals surface area (Å²) in [5.74, 6) is 0. The molecular formula is C10H8Cl2N2O. The van der Waals surface area contributed by atoms with Gasteiger partial charge in [0.2, 0.25) is 0 Å². The molecule has 0 aliphatic rings. The second-order valence-electron chi connectivity index (χ2n) is 3.16. The third kappa shape index (κ3) is 1.68. The average Bonchev–Trinajstić information content (AvgIpc) is 2.60. The third-order valence-electron chi connectivity index (χ3n) is 2.15. The van der Waals surface area contributed by atoms with Gasteiger partial charge < -0.3 is 4.98 Å². The highest BCUT2D eigenvalue weighted by atomic mass is 35.5. The van der Waals surface area contributed by atoms with Gasteiger partial charge in [-0.05, 0) is 18.6 Å². The van der Waals surface area contributed by atoms with E-state index in [1.165, 1.54) is 10.8 Å². The monoisotopic (exact) mass is 242 g/mol. The highest BCUT2D eigenvalue weighted by Gasteiger charge is 2.11. The van der Waals surface area contributed by atoms with Crippen molar-refractivity contribution in [3.05, 3.63) is 50.6 Å². The number of aromatic amines is 1. The first kappa shape index (κ1) is 10.3. The van der Waals surface area contributed by atoms with Gasteiger partial charge in [0.05, 0.1) is 15.7 Å². The van der Waals surface area contributed by atoms with Crippen molar-refractivity contribution < 1.29 is 0 Å². The number of hydrogen-bond acceptors (Lipinski definition) is 1. The highest BCUT2D eigenvalue weighted by Crippen LogP contribution is 2.30. The lowest BCUT2D eigenvalue weighted by molar-refractivity contribution is 0.985. The van der Waals surface area contributed by atoms with Crippen LogP contribution in [0.25, 0.3) is 5.69 Å². The van der Waals surface area contributed by atoms with Gasteiger partial charge in [-0.25, -0.2) is 4.79 Å². The van der Waals surface area contributed by atoms with Gasteiger partial charge in [-0.15, -0.1) is 0 Å². The molecule has 5 heteroatoms. The molecule has 0 aliphatic heterocycles. The summed E-state index contributed by atoms with van der Waals surface area (Å²) in [5, 5.41) is 0.941. The van der Waals surface area contributed by atoms with Crippen LogP contribution in [-0.4, -0.2) is 9.55 Å². The normalized spacial score (nSPS) is 10.6. The highest BCUT2D eigenvalue weighted by molar-refractivity contribution is 6.38. The van der Waals surface area contributed by atoms with E-state index in [9.17, 15) is 4.79 Å². The Bertz CT molecular complexity index is 557. The minimum absolute atomic E-state index is 0.260. The molecule has 0 aliphatic carbocycles. The van der Waals surface area contributed by atoms with Gasteiger partial charge in [-0.3, -0.25) is 4.57 Å². The topological polar surface area (TPSA) is 37.8 Å². The molecule has 3 nitrogen and oxygen atoms in total. The van der Waals surface area contributed by atoms with E-state index >= 15 is 0 Å². The van der Waals surface area contributed by atoms with Crippen molar-refractivity contribution in [2.45, 2.75) is 6.92 Å². The predicted octanol–water partition coefficient (Wildman–Crippen LogP) is 2.78. The molecule has 15 heavy (non-hydrogen) atoms. The largest absolute Gasteiger partial charge is 0.330 e. The van der Waals surface area contributed by atoms with E-state index < -0.39 is 0 Å². The van der Waals surface area contributed by atoms with E-state index in [0.29, 0.717) is 15.7 Å². The number of aryl methyl sites for hydroxylation is 1. The minimum atomic E-state index is -0.260. The summed E-state index contributed by atoms with van der Waals surface area (Å²) in [5.41, 5.74) is 1.14. The molecule has 78 valence electrons. The maximum atomic E-state index is 11.4. The molecule has 0 bridgehead atoms. The van der Waals surface area contributed by atoms with Crippen LogP contribution in [0.4, 0.5) is 0 Å². The summed E-state index contributed by atoms with van der Waals surface area (Å²) in [6.07, 6.45) is 3.13. The number of rotatable bonds is 1. The molecular weight excluding hydrogens is 235 g/mol. The fourth-order valence-electron chi connectivity index (χ4n) is 1.36. The lowest BCUT2D eigenvalue weighted by Crippen LogP contribution is -2.15. The Morgan fingerprint density at radius 2 is 2.07 bits per heavy atom. The standard InChI is InChI=1S/C10H8Cl2N2O/c1-6-2-3-7(11)9(8(6)12)14-5-4-13-10(14)15/h2-5H,1H3,(H,13,15). The van der Waals surface area contributed by atoms with Crippen molar-refractivity contribution in [1.82, 2.24) is 9.55 Å². The fourth-order valence-corrected chi connectivity index (χ4v) is 1.91. The first-order chi connectivity index (χ1) is 7.11. The van der Waals surface area contributed by atoms with E-state index in [-0.39, 0.29) is 5.69 Å². The van der Waals surface area contributed by atoms with Crippen LogP contribution in [0.15, 0.2) is 29.3 Å². The zero-order valence-corrected chi connectivity index (χ0v) is 9.43. The van der Waals surface area contributed by atoms with Crippen LogP contribution in [0.3, 0.4) is 0 Å². The number of benzene rings is 1. The molecule has 0 saturated heterocycles. The summed E-state index contributed by atoms with van der Waals surface area (Å²) < 4.78 is 1.39. The quantitative estimate of drug-likeness (QED) is 0.821. The Morgan fingerprint density at radius 3 is 2.67 bits per heavy atom. The molecule has 0 fully saturated rings. The van der Waals surface area contributed by atoms with Crippen LogP contribution >= 0.6 is 23.2 Å². The van der Waals surface area contributed by atoms with E-state index in [2.05, 4.69) is 4.98 Å². The van der Waals surface area contributed by atoms with E-state index in [1.54, 1.807) is 12.3 Å². The molecule has 1 N–H and O–H groups in total.